The quantitative estimate of drug-likeness (QED) is 0.907. The van der Waals surface area contributed by atoms with Gasteiger partial charge in [0.15, 0.2) is 5.82 Å². The van der Waals surface area contributed by atoms with Gasteiger partial charge >= 0.3 is 0 Å². The van der Waals surface area contributed by atoms with Crippen molar-refractivity contribution in [1.82, 2.24) is 14.1 Å². The predicted octanol–water partition coefficient (Wildman–Crippen LogP) is 1.73. The lowest BCUT2D eigenvalue weighted by Gasteiger charge is -2.21. The molecule has 0 spiro atoms. The second-order valence-corrected chi connectivity index (χ2v) is 8.14. The van der Waals surface area contributed by atoms with Gasteiger partial charge in [0.25, 0.3) is 0 Å². The number of nitrogen functional groups attached to an aromatic ring is 1. The molecule has 114 valence electrons. The molecule has 0 aromatic carbocycles. The fraction of sp³-hybridized carbons (Fsp3) is 0.462. The molecule has 8 heteroatoms. The Hall–Kier alpha value is -1.38. The average Bonchev–Trinajstić information content (AvgIpc) is 3.03. The Balaban J connectivity index is 2.01. The minimum absolute atomic E-state index is 0.0758. The average molecular weight is 326 g/mol. The molecule has 0 radical (unpaired) electrons. The maximum absolute atomic E-state index is 13.0. The smallest absolute Gasteiger partial charge is 0.249 e. The Morgan fingerprint density at radius 1 is 1.52 bits per heavy atom. The summed E-state index contributed by atoms with van der Waals surface area (Å²) in [7, 11) is -1.92. The number of rotatable bonds is 5. The topological polar surface area (TPSA) is 81.2 Å². The van der Waals surface area contributed by atoms with Crippen molar-refractivity contribution in [2.45, 2.75) is 37.2 Å². The van der Waals surface area contributed by atoms with Crippen LogP contribution < -0.4 is 5.73 Å². The first kappa shape index (κ1) is 14.6. The number of hydrogen-bond donors (Lipinski definition) is 1. The van der Waals surface area contributed by atoms with Gasteiger partial charge < -0.3 is 5.73 Å². The molecule has 21 heavy (non-hydrogen) atoms. The predicted molar refractivity (Wildman–Crippen MR) is 82.4 cm³/mol. The first-order chi connectivity index (χ1) is 9.91. The van der Waals surface area contributed by atoms with Crippen LogP contribution in [0.2, 0.25) is 0 Å². The number of nitrogens with two attached hydrogens (primary N) is 1. The first-order valence-electron chi connectivity index (χ1n) is 6.74. The summed E-state index contributed by atoms with van der Waals surface area (Å²) in [6, 6.07) is 3.97. The van der Waals surface area contributed by atoms with Gasteiger partial charge in [0.2, 0.25) is 10.0 Å². The van der Waals surface area contributed by atoms with Crippen molar-refractivity contribution in [3.8, 4) is 0 Å². The molecule has 2 heterocycles. The van der Waals surface area contributed by atoms with Crippen molar-refractivity contribution < 1.29 is 8.42 Å². The van der Waals surface area contributed by atoms with Crippen molar-refractivity contribution in [3.63, 3.8) is 0 Å². The van der Waals surface area contributed by atoms with Crippen LogP contribution in [-0.2, 0) is 23.6 Å². The van der Waals surface area contributed by atoms with Gasteiger partial charge in [-0.25, -0.2) is 8.42 Å². The summed E-state index contributed by atoms with van der Waals surface area (Å²) in [6.07, 6.45) is 1.81. The zero-order valence-electron chi connectivity index (χ0n) is 12.0. The maximum Gasteiger partial charge on any atom is 0.249 e. The van der Waals surface area contributed by atoms with Crippen LogP contribution in [0.1, 0.15) is 23.4 Å². The van der Waals surface area contributed by atoms with E-state index < -0.39 is 10.0 Å². The Kier molecular flexibility index (Phi) is 3.54. The van der Waals surface area contributed by atoms with Crippen LogP contribution in [0.3, 0.4) is 0 Å². The van der Waals surface area contributed by atoms with Crippen LogP contribution in [0.5, 0.6) is 0 Å². The number of thiophene rings is 1. The van der Waals surface area contributed by atoms with Crippen LogP contribution >= 0.6 is 11.3 Å². The van der Waals surface area contributed by atoms with Crippen molar-refractivity contribution in [3.05, 3.63) is 28.1 Å². The Labute approximate surface area is 128 Å². The minimum atomic E-state index is -3.62. The molecule has 1 saturated carbocycles. The number of anilines is 1. The molecule has 1 aliphatic rings. The second-order valence-electron chi connectivity index (χ2n) is 5.28. The molecule has 0 saturated heterocycles. The molecular weight excluding hydrogens is 308 g/mol. The number of sulfonamides is 1. The first-order valence-corrected chi connectivity index (χ1v) is 9.06. The van der Waals surface area contributed by atoms with Gasteiger partial charge in [-0.15, -0.1) is 11.3 Å². The Morgan fingerprint density at radius 2 is 2.24 bits per heavy atom. The van der Waals surface area contributed by atoms with Gasteiger partial charge in [-0.05, 0) is 31.2 Å². The summed E-state index contributed by atoms with van der Waals surface area (Å²) in [5, 5.41) is 5.98. The lowest BCUT2D eigenvalue weighted by Crippen LogP contribution is -2.33. The Morgan fingerprint density at radius 3 is 2.71 bits per heavy atom. The standard InChI is InChI=1S/C13H18N4O2S2/c1-9-12(13(14)15-16(9)2)21(18,19)17(10-5-6-10)8-11-4-3-7-20-11/h3-4,7,10H,5-6,8H2,1-2H3,(H2,14,15). The summed E-state index contributed by atoms with van der Waals surface area (Å²) in [5.41, 5.74) is 6.40. The fourth-order valence-corrected chi connectivity index (χ4v) is 5.12. The lowest BCUT2D eigenvalue weighted by molar-refractivity contribution is 0.401. The molecule has 0 amide bonds. The summed E-state index contributed by atoms with van der Waals surface area (Å²) >= 11 is 1.56. The van der Waals surface area contributed by atoms with E-state index in [0.29, 0.717) is 12.2 Å². The molecule has 0 atom stereocenters. The van der Waals surface area contributed by atoms with E-state index in [0.717, 1.165) is 17.7 Å². The monoisotopic (exact) mass is 326 g/mol. The maximum atomic E-state index is 13.0. The molecule has 3 rings (SSSR count). The third kappa shape index (κ3) is 2.58. The van der Waals surface area contributed by atoms with Gasteiger partial charge in [-0.2, -0.15) is 9.40 Å². The Bertz CT molecular complexity index is 745. The summed E-state index contributed by atoms with van der Waals surface area (Å²) in [4.78, 5) is 1.18. The van der Waals surface area contributed by atoms with Gasteiger partial charge in [-0.1, -0.05) is 6.07 Å². The van der Waals surface area contributed by atoms with E-state index in [2.05, 4.69) is 5.10 Å². The van der Waals surface area contributed by atoms with Crippen molar-refractivity contribution >= 4 is 27.2 Å². The second kappa shape index (κ2) is 5.11. The zero-order valence-corrected chi connectivity index (χ0v) is 13.6. The molecular formula is C13H18N4O2S2. The fourth-order valence-electron chi connectivity index (χ4n) is 2.38. The number of nitrogens with zero attached hydrogens (tertiary/aromatic N) is 3. The highest BCUT2D eigenvalue weighted by atomic mass is 32.2. The minimum Gasteiger partial charge on any atom is -0.381 e. The van der Waals surface area contributed by atoms with Gasteiger partial charge in [0, 0.05) is 24.5 Å². The van der Waals surface area contributed by atoms with E-state index in [1.54, 1.807) is 29.6 Å². The van der Waals surface area contributed by atoms with Crippen molar-refractivity contribution in [2.24, 2.45) is 7.05 Å². The molecule has 6 nitrogen and oxygen atoms in total. The van der Waals surface area contributed by atoms with Crippen LogP contribution in [-0.4, -0.2) is 28.5 Å². The number of aryl methyl sites for hydroxylation is 1. The molecule has 2 N–H and O–H groups in total. The van der Waals surface area contributed by atoms with E-state index in [4.69, 9.17) is 5.73 Å². The van der Waals surface area contributed by atoms with E-state index in [1.807, 2.05) is 17.5 Å². The number of hydrogen-bond acceptors (Lipinski definition) is 5. The molecule has 1 aliphatic carbocycles. The molecule has 0 unspecified atom stereocenters. The lowest BCUT2D eigenvalue weighted by atomic mass is 10.4. The van der Waals surface area contributed by atoms with E-state index in [9.17, 15) is 8.42 Å². The SMILES string of the molecule is Cc1c(S(=O)(=O)N(Cc2cccs2)C2CC2)c(N)nn1C. The number of aromatic nitrogens is 2. The third-order valence-corrected chi connectivity index (χ3v) is 6.64. The van der Waals surface area contributed by atoms with E-state index in [1.165, 1.54) is 4.68 Å². The highest BCUT2D eigenvalue weighted by Crippen LogP contribution is 2.36. The summed E-state index contributed by atoms with van der Waals surface area (Å²) < 4.78 is 29.1. The van der Waals surface area contributed by atoms with Crippen LogP contribution in [0.4, 0.5) is 5.82 Å². The normalized spacial score (nSPS) is 15.8. The van der Waals surface area contributed by atoms with Crippen molar-refractivity contribution in [1.29, 1.82) is 0 Å². The molecule has 0 aliphatic heterocycles. The molecule has 0 bridgehead atoms. The van der Waals surface area contributed by atoms with Crippen LogP contribution in [0.25, 0.3) is 0 Å². The third-order valence-electron chi connectivity index (χ3n) is 3.72. The van der Waals surface area contributed by atoms with Crippen molar-refractivity contribution in [2.75, 3.05) is 5.73 Å². The van der Waals surface area contributed by atoms with Gasteiger partial charge in [0.05, 0.1) is 5.69 Å². The molecule has 2 aromatic heterocycles. The van der Waals surface area contributed by atoms with Crippen LogP contribution in [0, 0.1) is 6.92 Å². The highest BCUT2D eigenvalue weighted by Gasteiger charge is 2.40. The largest absolute Gasteiger partial charge is 0.381 e. The van der Waals surface area contributed by atoms with Gasteiger partial charge in [0.1, 0.15) is 4.90 Å². The molecule has 2 aromatic rings. The summed E-state index contributed by atoms with van der Waals surface area (Å²) in [5.74, 6) is 0.0758. The van der Waals surface area contributed by atoms with Crippen LogP contribution in [0.15, 0.2) is 22.4 Å². The summed E-state index contributed by atoms with van der Waals surface area (Å²) in [6.45, 7) is 2.13. The van der Waals surface area contributed by atoms with Gasteiger partial charge in [-0.3, -0.25) is 4.68 Å². The highest BCUT2D eigenvalue weighted by molar-refractivity contribution is 7.89. The van der Waals surface area contributed by atoms with E-state index in [-0.39, 0.29) is 16.8 Å². The zero-order chi connectivity index (χ0) is 15.2. The molecule has 1 fully saturated rings. The van der Waals surface area contributed by atoms with E-state index >= 15 is 0 Å².